The lowest BCUT2D eigenvalue weighted by molar-refractivity contribution is 0.603. The Morgan fingerprint density at radius 1 is 1.07 bits per heavy atom. The maximum absolute atomic E-state index is 14.0. The standard InChI is InChI=1S/C20H21BrFN5.HI/c1-23-20(25-13-16-7-8-18(21)11-19(16)22)24-12-15-5-2-3-6-17(15)14-27-10-4-9-26-27;/h2-11H,12-14H2,1H3,(H2,23,24,25);1H. The molecule has 0 spiro atoms. The van der Waals surface area contributed by atoms with Crippen LogP contribution < -0.4 is 10.6 Å². The molecule has 0 atom stereocenters. The second-order valence-corrected chi connectivity index (χ2v) is 6.90. The van der Waals surface area contributed by atoms with Crippen molar-refractivity contribution in [3.05, 3.63) is 87.9 Å². The van der Waals surface area contributed by atoms with Crippen LogP contribution in [0.3, 0.4) is 0 Å². The molecule has 0 saturated carbocycles. The van der Waals surface area contributed by atoms with Gasteiger partial charge in [-0.3, -0.25) is 9.67 Å². The fourth-order valence-corrected chi connectivity index (χ4v) is 3.03. The molecule has 0 bridgehead atoms. The Labute approximate surface area is 189 Å². The van der Waals surface area contributed by atoms with E-state index in [2.05, 4.69) is 48.8 Å². The Morgan fingerprint density at radius 2 is 1.79 bits per heavy atom. The van der Waals surface area contributed by atoms with Gasteiger partial charge in [-0.2, -0.15) is 5.10 Å². The minimum Gasteiger partial charge on any atom is -0.352 e. The molecule has 2 N–H and O–H groups in total. The zero-order valence-corrected chi connectivity index (χ0v) is 19.3. The first kappa shape index (κ1) is 22.4. The molecule has 0 aliphatic carbocycles. The summed E-state index contributed by atoms with van der Waals surface area (Å²) in [5, 5.41) is 10.7. The molecule has 1 heterocycles. The topological polar surface area (TPSA) is 54.2 Å². The molecule has 0 amide bonds. The molecule has 0 aliphatic heterocycles. The van der Waals surface area contributed by atoms with Gasteiger partial charge in [0, 0.05) is 42.6 Å². The highest BCUT2D eigenvalue weighted by atomic mass is 127. The number of hydrogen-bond donors (Lipinski definition) is 2. The average Bonchev–Trinajstić information content (AvgIpc) is 3.17. The van der Waals surface area contributed by atoms with Gasteiger partial charge in [-0.1, -0.05) is 46.3 Å². The van der Waals surface area contributed by atoms with Crippen molar-refractivity contribution in [3.63, 3.8) is 0 Å². The zero-order valence-electron chi connectivity index (χ0n) is 15.4. The lowest BCUT2D eigenvalue weighted by Crippen LogP contribution is -2.36. The minimum atomic E-state index is -0.253. The SMILES string of the molecule is CN=C(NCc1ccc(Br)cc1F)NCc1ccccc1Cn1cccn1.I. The summed E-state index contributed by atoms with van der Waals surface area (Å²) in [5.41, 5.74) is 2.93. The quantitative estimate of drug-likeness (QED) is 0.270. The molecule has 0 fully saturated rings. The number of benzene rings is 2. The Morgan fingerprint density at radius 3 is 2.43 bits per heavy atom. The van der Waals surface area contributed by atoms with E-state index >= 15 is 0 Å². The Hall–Kier alpha value is -1.94. The van der Waals surface area contributed by atoms with Gasteiger partial charge in [-0.25, -0.2) is 4.39 Å². The number of nitrogens with one attached hydrogen (secondary N) is 2. The van der Waals surface area contributed by atoms with Crippen molar-refractivity contribution in [2.24, 2.45) is 4.99 Å². The summed E-state index contributed by atoms with van der Waals surface area (Å²) in [6.07, 6.45) is 3.71. The summed E-state index contributed by atoms with van der Waals surface area (Å²) in [6, 6.07) is 15.1. The van der Waals surface area contributed by atoms with Crippen molar-refractivity contribution in [3.8, 4) is 0 Å². The largest absolute Gasteiger partial charge is 0.352 e. The van der Waals surface area contributed by atoms with Gasteiger partial charge < -0.3 is 10.6 Å². The van der Waals surface area contributed by atoms with Crippen molar-refractivity contribution in [2.45, 2.75) is 19.6 Å². The Kier molecular flexibility index (Phi) is 8.91. The number of aliphatic imine (C=N–C) groups is 1. The molecule has 148 valence electrons. The maximum atomic E-state index is 14.0. The first-order valence-electron chi connectivity index (χ1n) is 8.58. The molecular weight excluding hydrogens is 536 g/mol. The molecular formula is C20H22BrFIN5. The first-order valence-corrected chi connectivity index (χ1v) is 9.37. The fraction of sp³-hybridized carbons (Fsp3) is 0.200. The third-order valence-corrected chi connectivity index (χ3v) is 4.63. The molecule has 0 unspecified atom stereocenters. The van der Waals surface area contributed by atoms with Gasteiger partial charge in [0.05, 0.1) is 6.54 Å². The predicted octanol–water partition coefficient (Wildman–Crippen LogP) is 4.32. The van der Waals surface area contributed by atoms with Crippen LogP contribution in [-0.2, 0) is 19.6 Å². The van der Waals surface area contributed by atoms with Crippen molar-refractivity contribution in [1.82, 2.24) is 20.4 Å². The van der Waals surface area contributed by atoms with E-state index in [4.69, 9.17) is 0 Å². The third kappa shape index (κ3) is 6.30. The lowest BCUT2D eigenvalue weighted by atomic mass is 10.1. The number of rotatable bonds is 6. The lowest BCUT2D eigenvalue weighted by Gasteiger charge is -2.15. The van der Waals surface area contributed by atoms with Crippen LogP contribution in [0, 0.1) is 5.82 Å². The van der Waals surface area contributed by atoms with E-state index in [1.54, 1.807) is 19.3 Å². The second kappa shape index (κ2) is 11.2. The highest BCUT2D eigenvalue weighted by molar-refractivity contribution is 14.0. The van der Waals surface area contributed by atoms with E-state index in [1.807, 2.05) is 35.1 Å². The average molecular weight is 558 g/mol. The summed E-state index contributed by atoms with van der Waals surface area (Å²) in [7, 11) is 1.70. The van der Waals surface area contributed by atoms with Crippen molar-refractivity contribution < 1.29 is 4.39 Å². The summed E-state index contributed by atoms with van der Waals surface area (Å²) in [6.45, 7) is 1.68. The summed E-state index contributed by atoms with van der Waals surface area (Å²) in [4.78, 5) is 4.22. The molecule has 3 rings (SSSR count). The van der Waals surface area contributed by atoms with Crippen molar-refractivity contribution >= 4 is 45.9 Å². The fourth-order valence-electron chi connectivity index (χ4n) is 2.70. The van der Waals surface area contributed by atoms with Crippen LogP contribution in [0.25, 0.3) is 0 Å². The van der Waals surface area contributed by atoms with Gasteiger partial charge in [-0.05, 0) is 29.3 Å². The normalized spacial score (nSPS) is 11.0. The number of nitrogens with zero attached hydrogens (tertiary/aromatic N) is 3. The molecule has 0 radical (unpaired) electrons. The van der Waals surface area contributed by atoms with E-state index in [0.717, 1.165) is 10.0 Å². The molecule has 28 heavy (non-hydrogen) atoms. The molecule has 3 aromatic rings. The van der Waals surface area contributed by atoms with Crippen molar-refractivity contribution in [2.75, 3.05) is 7.05 Å². The Bertz CT molecular complexity index is 915. The van der Waals surface area contributed by atoms with E-state index in [-0.39, 0.29) is 29.8 Å². The van der Waals surface area contributed by atoms with Crippen LogP contribution in [0.5, 0.6) is 0 Å². The summed E-state index contributed by atoms with van der Waals surface area (Å²) in [5.74, 6) is 0.364. The molecule has 2 aromatic carbocycles. The highest BCUT2D eigenvalue weighted by Gasteiger charge is 2.06. The summed E-state index contributed by atoms with van der Waals surface area (Å²) >= 11 is 3.27. The molecule has 1 aromatic heterocycles. The number of hydrogen-bond acceptors (Lipinski definition) is 2. The molecule has 0 saturated heterocycles. The zero-order chi connectivity index (χ0) is 19.1. The number of halogens is 3. The van der Waals surface area contributed by atoms with Gasteiger partial charge in [-0.15, -0.1) is 24.0 Å². The van der Waals surface area contributed by atoms with E-state index in [1.165, 1.54) is 11.6 Å². The predicted molar refractivity (Wildman–Crippen MR) is 124 cm³/mol. The van der Waals surface area contributed by atoms with E-state index < -0.39 is 0 Å². The van der Waals surface area contributed by atoms with Crippen LogP contribution >= 0.6 is 39.9 Å². The third-order valence-electron chi connectivity index (χ3n) is 4.14. The minimum absolute atomic E-state index is 0. The van der Waals surface area contributed by atoms with Gasteiger partial charge in [0.2, 0.25) is 0 Å². The molecule has 8 heteroatoms. The monoisotopic (exact) mass is 557 g/mol. The highest BCUT2D eigenvalue weighted by Crippen LogP contribution is 2.15. The van der Waals surface area contributed by atoms with Crippen LogP contribution in [0.1, 0.15) is 16.7 Å². The molecule has 5 nitrogen and oxygen atoms in total. The smallest absolute Gasteiger partial charge is 0.191 e. The van der Waals surface area contributed by atoms with E-state index in [0.29, 0.717) is 31.2 Å². The van der Waals surface area contributed by atoms with Gasteiger partial charge in [0.25, 0.3) is 0 Å². The van der Waals surface area contributed by atoms with Gasteiger partial charge in [0.1, 0.15) is 5.82 Å². The second-order valence-electron chi connectivity index (χ2n) is 5.99. The van der Waals surface area contributed by atoms with Crippen LogP contribution in [-0.4, -0.2) is 22.8 Å². The van der Waals surface area contributed by atoms with Gasteiger partial charge in [0.15, 0.2) is 5.96 Å². The summed E-state index contributed by atoms with van der Waals surface area (Å²) < 4.78 is 16.6. The first-order chi connectivity index (χ1) is 13.2. The van der Waals surface area contributed by atoms with Gasteiger partial charge >= 0.3 is 0 Å². The van der Waals surface area contributed by atoms with E-state index in [9.17, 15) is 4.39 Å². The Balaban J connectivity index is 0.00000280. The number of guanidine groups is 1. The number of aromatic nitrogens is 2. The molecule has 0 aliphatic rings. The van der Waals surface area contributed by atoms with Crippen LogP contribution in [0.2, 0.25) is 0 Å². The van der Waals surface area contributed by atoms with Crippen LogP contribution in [0.15, 0.2) is 70.4 Å². The van der Waals surface area contributed by atoms with Crippen molar-refractivity contribution in [1.29, 1.82) is 0 Å². The van der Waals surface area contributed by atoms with Crippen LogP contribution in [0.4, 0.5) is 4.39 Å². The maximum Gasteiger partial charge on any atom is 0.191 e.